The number of benzene rings is 10. The molecular formula is C50H29N. The highest BCUT2D eigenvalue weighted by Gasteiger charge is 2.26. The molecule has 0 unspecified atom stereocenters. The van der Waals surface area contributed by atoms with Crippen LogP contribution in [0, 0.1) is 0 Å². The first-order chi connectivity index (χ1) is 25.3. The van der Waals surface area contributed by atoms with Gasteiger partial charge in [-0.1, -0.05) is 121 Å². The van der Waals surface area contributed by atoms with E-state index in [4.69, 9.17) is 0 Å². The number of rotatable bonds is 3. The molecule has 0 bridgehead atoms. The molecule has 0 radical (unpaired) electrons. The molecule has 2 aliphatic carbocycles. The summed E-state index contributed by atoms with van der Waals surface area (Å²) >= 11 is 0. The van der Waals surface area contributed by atoms with Gasteiger partial charge in [0.2, 0.25) is 0 Å². The molecule has 0 spiro atoms. The maximum atomic E-state index is 2.48. The summed E-state index contributed by atoms with van der Waals surface area (Å²) in [6, 6.07) is 65.6. The molecular weight excluding hydrogens is 615 g/mol. The lowest BCUT2D eigenvalue weighted by molar-refractivity contribution is 1.30. The lowest BCUT2D eigenvalue weighted by Gasteiger charge is -2.28. The molecule has 10 aromatic rings. The zero-order valence-electron chi connectivity index (χ0n) is 27.7. The first-order valence-corrected chi connectivity index (χ1v) is 17.8. The van der Waals surface area contributed by atoms with Crippen LogP contribution in [0.5, 0.6) is 0 Å². The molecule has 1 nitrogen and oxygen atoms in total. The van der Waals surface area contributed by atoms with Gasteiger partial charge < -0.3 is 4.90 Å². The standard InChI is InChI=1S/C50H29N/c1-3-15-33(16-4-1)51(34-17-5-2-6-18-34)48-29-46-35(42-27-44-38-21-9-13-31-14-10-22-39(50(31)38)45(44)28-47(42)48)24-23-32-25-41-36-19-7-11-30-12-8-20-37(49(30)36)43(41)26-40(32)46/h1-29H. The van der Waals surface area contributed by atoms with Gasteiger partial charge in [0.25, 0.3) is 0 Å². The minimum absolute atomic E-state index is 1.14. The first-order valence-electron chi connectivity index (χ1n) is 17.8. The molecule has 12 rings (SSSR count). The Morgan fingerprint density at radius 1 is 0.255 bits per heavy atom. The van der Waals surface area contributed by atoms with Crippen molar-refractivity contribution in [3.63, 3.8) is 0 Å². The Balaban J connectivity index is 1.23. The fourth-order valence-corrected chi connectivity index (χ4v) is 9.27. The molecule has 1 heteroatoms. The van der Waals surface area contributed by atoms with Crippen molar-refractivity contribution >= 4 is 70.9 Å². The monoisotopic (exact) mass is 643 g/mol. The van der Waals surface area contributed by atoms with E-state index in [1.54, 1.807) is 0 Å². The normalized spacial score (nSPS) is 12.3. The molecule has 0 amide bonds. The van der Waals surface area contributed by atoms with Crippen molar-refractivity contribution in [1.29, 1.82) is 0 Å². The van der Waals surface area contributed by atoms with Gasteiger partial charge in [0.15, 0.2) is 0 Å². The number of para-hydroxylation sites is 2. The third-order valence-corrected chi connectivity index (χ3v) is 11.4. The van der Waals surface area contributed by atoms with E-state index >= 15 is 0 Å². The smallest absolute Gasteiger partial charge is 0.0546 e. The summed E-state index contributed by atoms with van der Waals surface area (Å²) in [5.41, 5.74) is 14.0. The molecule has 0 saturated heterocycles. The quantitative estimate of drug-likeness (QED) is 0.173. The van der Waals surface area contributed by atoms with E-state index in [9.17, 15) is 0 Å². The molecule has 10 aromatic carbocycles. The number of nitrogens with zero attached hydrogens (tertiary/aromatic N) is 1. The van der Waals surface area contributed by atoms with E-state index in [1.807, 2.05) is 0 Å². The minimum Gasteiger partial charge on any atom is -0.310 e. The van der Waals surface area contributed by atoms with Crippen molar-refractivity contribution in [2.75, 3.05) is 4.90 Å². The molecule has 0 aromatic heterocycles. The van der Waals surface area contributed by atoms with Crippen LogP contribution < -0.4 is 4.90 Å². The first kappa shape index (κ1) is 27.2. The van der Waals surface area contributed by atoms with E-state index in [2.05, 4.69) is 181 Å². The second-order valence-electron chi connectivity index (χ2n) is 14.0. The number of anilines is 3. The van der Waals surface area contributed by atoms with Crippen LogP contribution >= 0.6 is 0 Å². The van der Waals surface area contributed by atoms with Crippen LogP contribution in [-0.2, 0) is 0 Å². The Morgan fingerprint density at radius 3 is 1.24 bits per heavy atom. The lowest BCUT2D eigenvalue weighted by atomic mass is 9.90. The summed E-state index contributed by atoms with van der Waals surface area (Å²) in [5, 5.41) is 12.9. The summed E-state index contributed by atoms with van der Waals surface area (Å²) in [4.78, 5) is 2.44. The summed E-state index contributed by atoms with van der Waals surface area (Å²) in [6.07, 6.45) is 0. The van der Waals surface area contributed by atoms with E-state index in [1.165, 1.54) is 104 Å². The van der Waals surface area contributed by atoms with Gasteiger partial charge in [0, 0.05) is 16.8 Å². The largest absolute Gasteiger partial charge is 0.310 e. The van der Waals surface area contributed by atoms with Gasteiger partial charge in [-0.15, -0.1) is 0 Å². The van der Waals surface area contributed by atoms with Crippen LogP contribution in [0.3, 0.4) is 0 Å². The molecule has 0 atom stereocenters. The fraction of sp³-hybridized carbons (Fsp3) is 0. The van der Waals surface area contributed by atoms with Crippen molar-refractivity contribution in [2.45, 2.75) is 0 Å². The average Bonchev–Trinajstić information content (AvgIpc) is 3.68. The summed E-state index contributed by atoms with van der Waals surface area (Å²) in [7, 11) is 0. The molecule has 234 valence electrons. The van der Waals surface area contributed by atoms with E-state index in [0.717, 1.165) is 11.4 Å². The fourth-order valence-electron chi connectivity index (χ4n) is 9.27. The van der Waals surface area contributed by atoms with Crippen LogP contribution in [0.4, 0.5) is 17.1 Å². The summed E-state index contributed by atoms with van der Waals surface area (Å²) in [5.74, 6) is 0. The Labute approximate surface area is 295 Å². The second-order valence-corrected chi connectivity index (χ2v) is 14.0. The highest BCUT2D eigenvalue weighted by molar-refractivity contribution is 6.27. The van der Waals surface area contributed by atoms with Gasteiger partial charge in [0.1, 0.15) is 0 Å². The van der Waals surface area contributed by atoms with E-state index < -0.39 is 0 Å². The van der Waals surface area contributed by atoms with Gasteiger partial charge in [-0.05, 0) is 148 Å². The van der Waals surface area contributed by atoms with Crippen LogP contribution in [-0.4, -0.2) is 0 Å². The van der Waals surface area contributed by atoms with Crippen molar-refractivity contribution in [1.82, 2.24) is 0 Å². The van der Waals surface area contributed by atoms with Crippen LogP contribution in [0.2, 0.25) is 0 Å². The topological polar surface area (TPSA) is 3.24 Å². The zero-order valence-corrected chi connectivity index (χ0v) is 27.7. The van der Waals surface area contributed by atoms with Gasteiger partial charge in [-0.25, -0.2) is 0 Å². The Bertz CT molecular complexity index is 3070. The Hall–Kier alpha value is -6.70. The SMILES string of the molecule is c1ccc(N(c2ccccc2)c2cc3c4cc5c(cc4ccc3c3cc4c(cc23)-c2cccc3cccc-4c23)-c2cccc3cccc-5c23)cc1. The Kier molecular flexibility index (Phi) is 5.29. The second kappa shape index (κ2) is 9.94. The third-order valence-electron chi connectivity index (χ3n) is 11.4. The van der Waals surface area contributed by atoms with Crippen molar-refractivity contribution < 1.29 is 0 Å². The highest BCUT2D eigenvalue weighted by Crippen LogP contribution is 2.53. The zero-order chi connectivity index (χ0) is 33.2. The highest BCUT2D eigenvalue weighted by atomic mass is 15.1. The maximum absolute atomic E-state index is 2.48. The molecule has 0 heterocycles. The lowest BCUT2D eigenvalue weighted by Crippen LogP contribution is -2.10. The van der Waals surface area contributed by atoms with Gasteiger partial charge in [-0.2, -0.15) is 0 Å². The van der Waals surface area contributed by atoms with E-state index in [0.29, 0.717) is 0 Å². The predicted molar refractivity (Wildman–Crippen MR) is 218 cm³/mol. The average molecular weight is 644 g/mol. The van der Waals surface area contributed by atoms with Crippen molar-refractivity contribution in [2.24, 2.45) is 0 Å². The van der Waals surface area contributed by atoms with Crippen LogP contribution in [0.25, 0.3) is 98.4 Å². The van der Waals surface area contributed by atoms with Crippen LogP contribution in [0.15, 0.2) is 176 Å². The van der Waals surface area contributed by atoms with Gasteiger partial charge in [0.05, 0.1) is 5.69 Å². The number of hydrogen-bond donors (Lipinski definition) is 0. The van der Waals surface area contributed by atoms with Crippen molar-refractivity contribution in [3.05, 3.63) is 176 Å². The summed E-state index contributed by atoms with van der Waals surface area (Å²) < 4.78 is 0. The molecule has 51 heavy (non-hydrogen) atoms. The molecule has 0 saturated carbocycles. The maximum Gasteiger partial charge on any atom is 0.0546 e. The van der Waals surface area contributed by atoms with Gasteiger partial charge >= 0.3 is 0 Å². The molecule has 0 N–H and O–H groups in total. The Morgan fingerprint density at radius 2 is 0.706 bits per heavy atom. The van der Waals surface area contributed by atoms with Gasteiger partial charge in [-0.3, -0.25) is 0 Å². The number of hydrogen-bond acceptors (Lipinski definition) is 1. The molecule has 0 fully saturated rings. The molecule has 0 aliphatic heterocycles. The van der Waals surface area contributed by atoms with Crippen molar-refractivity contribution in [3.8, 4) is 44.5 Å². The predicted octanol–water partition coefficient (Wildman–Crippen LogP) is 14.2. The third kappa shape index (κ3) is 3.65. The van der Waals surface area contributed by atoms with E-state index in [-0.39, 0.29) is 0 Å². The number of fused-ring (bicyclic) bond motifs is 11. The minimum atomic E-state index is 1.14. The molecule has 2 aliphatic rings. The van der Waals surface area contributed by atoms with Crippen LogP contribution in [0.1, 0.15) is 0 Å². The summed E-state index contributed by atoms with van der Waals surface area (Å²) in [6.45, 7) is 0.